The number of rotatable bonds is 25. The summed E-state index contributed by atoms with van der Waals surface area (Å²) in [6, 6.07) is 0. The van der Waals surface area contributed by atoms with Crippen LogP contribution in [-0.2, 0) is 9.59 Å². The van der Waals surface area contributed by atoms with Crippen LogP contribution in [-0.4, -0.2) is 86.5 Å². The second-order valence-electron chi connectivity index (χ2n) is 13.4. The number of hydrogen-bond acceptors (Lipinski definition) is 2. The van der Waals surface area contributed by atoms with E-state index in [1.54, 1.807) is 0 Å². The van der Waals surface area contributed by atoms with E-state index in [1.165, 1.54) is 96.6 Å². The van der Waals surface area contributed by atoms with Crippen molar-refractivity contribution in [3.8, 4) is 0 Å². The molecule has 0 atom stereocenters. The van der Waals surface area contributed by atoms with E-state index in [-0.39, 0.29) is 24.8 Å². The van der Waals surface area contributed by atoms with Gasteiger partial charge in [0.15, 0.2) is 0 Å². The van der Waals surface area contributed by atoms with E-state index >= 15 is 0 Å². The molecule has 0 unspecified atom stereocenters. The van der Waals surface area contributed by atoms with Gasteiger partial charge in [0, 0.05) is 11.1 Å². The van der Waals surface area contributed by atoms with E-state index in [1.807, 2.05) is 0 Å². The van der Waals surface area contributed by atoms with E-state index in [4.69, 9.17) is 10.2 Å². The molecule has 0 aliphatic rings. The van der Waals surface area contributed by atoms with Crippen molar-refractivity contribution >= 4 is 11.9 Å². The summed E-state index contributed by atoms with van der Waals surface area (Å²) in [5, 5.41) is 17.3. The van der Waals surface area contributed by atoms with Gasteiger partial charge in [-0.2, -0.15) is 0 Å². The van der Waals surface area contributed by atoms with Gasteiger partial charge in [-0.15, -0.1) is 0 Å². The summed E-state index contributed by atoms with van der Waals surface area (Å²) in [6.07, 6.45) is 22.5. The van der Waals surface area contributed by atoms with Crippen molar-refractivity contribution in [3.05, 3.63) is 24.3 Å². The van der Waals surface area contributed by atoms with E-state index in [2.05, 4.69) is 55.4 Å². The van der Waals surface area contributed by atoms with E-state index in [0.717, 1.165) is 34.6 Å². The highest BCUT2D eigenvalue weighted by atomic mass is 35.5. The Bertz CT molecular complexity index is 671. The zero-order chi connectivity index (χ0) is 30.2. The molecule has 8 heteroatoms. The maximum atomic E-state index is 10.6. The number of quaternary nitrogens is 2. The van der Waals surface area contributed by atoms with Gasteiger partial charge in [0.25, 0.3) is 0 Å². The second-order valence-corrected chi connectivity index (χ2v) is 13.4. The lowest BCUT2D eigenvalue weighted by Gasteiger charge is -2.23. The van der Waals surface area contributed by atoms with E-state index < -0.39 is 11.9 Å². The first-order valence-corrected chi connectivity index (χ1v) is 15.6. The standard InChI is InChI=1S/C18H35NO2.C15H29NO2.2ClH/c1-17(18(20)21)15-13-11-9-7-5-6-8-10-12-14-16-19(2,3)4;1-14(15(17)18)12-10-8-6-5-7-9-11-13-16(2,3)4;;/h1,5-16H2,2-4H3;1,5-13H2,2-4H3;2*1H. The van der Waals surface area contributed by atoms with Gasteiger partial charge in [-0.1, -0.05) is 83.8 Å². The Hall–Kier alpha value is -1.08. The monoisotopic (exact) mass is 624 g/mol. The predicted octanol–water partition coefficient (Wildman–Crippen LogP) is 2.09. The lowest BCUT2D eigenvalue weighted by atomic mass is 10.0. The highest BCUT2D eigenvalue weighted by Gasteiger charge is 2.07. The van der Waals surface area contributed by atoms with Crippen LogP contribution in [0.5, 0.6) is 0 Å². The molecule has 0 aliphatic heterocycles. The maximum absolute atomic E-state index is 10.6. The Labute approximate surface area is 266 Å². The van der Waals surface area contributed by atoms with E-state index in [9.17, 15) is 9.59 Å². The highest BCUT2D eigenvalue weighted by Crippen LogP contribution is 2.14. The second kappa shape index (κ2) is 29.0. The Morgan fingerprint density at radius 2 is 0.634 bits per heavy atom. The molecule has 0 aliphatic carbocycles. The lowest BCUT2D eigenvalue weighted by molar-refractivity contribution is -0.870. The molecule has 246 valence electrons. The smallest absolute Gasteiger partial charge is 0.330 e. The number of aliphatic carboxylic acids is 2. The number of hydrogen-bond donors (Lipinski definition) is 2. The number of halogens is 2. The first-order chi connectivity index (χ1) is 18.2. The molecule has 0 aromatic carbocycles. The molecule has 0 spiro atoms. The Morgan fingerprint density at radius 1 is 0.439 bits per heavy atom. The molecular weight excluding hydrogens is 559 g/mol. The summed E-state index contributed by atoms with van der Waals surface area (Å²) in [5.41, 5.74) is 0.696. The normalized spacial score (nSPS) is 11.0. The number of carbonyl (C=O) groups is 2. The van der Waals surface area contributed by atoms with Gasteiger partial charge in [0.1, 0.15) is 0 Å². The van der Waals surface area contributed by atoms with Crippen molar-refractivity contribution in [1.82, 2.24) is 0 Å². The molecule has 2 N–H and O–H groups in total. The summed E-state index contributed by atoms with van der Waals surface area (Å²) in [6.45, 7) is 9.61. The third kappa shape index (κ3) is 41.1. The van der Waals surface area contributed by atoms with Crippen LogP contribution in [0.15, 0.2) is 24.3 Å². The zero-order valence-electron chi connectivity index (χ0n) is 27.6. The Morgan fingerprint density at radius 3 is 0.829 bits per heavy atom. The number of unbranched alkanes of at least 4 members (excludes halogenated alkanes) is 15. The van der Waals surface area contributed by atoms with Crippen molar-refractivity contribution < 1.29 is 53.6 Å². The predicted molar refractivity (Wildman–Crippen MR) is 167 cm³/mol. The van der Waals surface area contributed by atoms with Gasteiger partial charge in [0.2, 0.25) is 0 Å². The van der Waals surface area contributed by atoms with Gasteiger partial charge in [0.05, 0.1) is 55.4 Å². The Kier molecular flexibility index (Phi) is 33.2. The highest BCUT2D eigenvalue weighted by molar-refractivity contribution is 5.85. The fourth-order valence-electron chi connectivity index (χ4n) is 4.36. The number of carboxylic acids is 2. The van der Waals surface area contributed by atoms with Crippen LogP contribution in [0.25, 0.3) is 0 Å². The zero-order valence-corrected chi connectivity index (χ0v) is 29.1. The third-order valence-corrected chi connectivity index (χ3v) is 6.97. The summed E-state index contributed by atoms with van der Waals surface area (Å²) in [5.74, 6) is -1.70. The van der Waals surface area contributed by atoms with Crippen LogP contribution < -0.4 is 24.8 Å². The molecule has 0 bridgehead atoms. The fraction of sp³-hybridized carbons (Fsp3) is 0.818. The minimum atomic E-state index is -0.852. The van der Waals surface area contributed by atoms with E-state index in [0.29, 0.717) is 24.0 Å². The van der Waals surface area contributed by atoms with Crippen LogP contribution >= 0.6 is 0 Å². The van der Waals surface area contributed by atoms with Crippen LogP contribution in [0.3, 0.4) is 0 Å². The van der Waals surface area contributed by atoms with Crippen molar-refractivity contribution in [2.75, 3.05) is 55.4 Å². The summed E-state index contributed by atoms with van der Waals surface area (Å²) in [4.78, 5) is 21.1. The van der Waals surface area contributed by atoms with Crippen LogP contribution in [0.4, 0.5) is 0 Å². The average Bonchev–Trinajstić information content (AvgIpc) is 2.82. The van der Waals surface area contributed by atoms with Gasteiger partial charge in [-0.25, -0.2) is 9.59 Å². The molecule has 0 aromatic heterocycles. The van der Waals surface area contributed by atoms with Crippen LogP contribution in [0.1, 0.15) is 122 Å². The summed E-state index contributed by atoms with van der Waals surface area (Å²) in [7, 11) is 13.5. The quantitative estimate of drug-likeness (QED) is 0.0927. The van der Waals surface area contributed by atoms with Gasteiger partial charge >= 0.3 is 11.9 Å². The van der Waals surface area contributed by atoms with Crippen LogP contribution in [0.2, 0.25) is 0 Å². The molecule has 0 heterocycles. The molecule has 0 saturated heterocycles. The third-order valence-electron chi connectivity index (χ3n) is 6.97. The lowest BCUT2D eigenvalue weighted by Crippen LogP contribution is -3.00. The first kappa shape index (κ1) is 46.9. The maximum Gasteiger partial charge on any atom is 0.330 e. The molecule has 6 nitrogen and oxygen atoms in total. The molecule has 0 amide bonds. The van der Waals surface area contributed by atoms with Gasteiger partial charge < -0.3 is 44.0 Å². The average molecular weight is 626 g/mol. The fourth-order valence-corrected chi connectivity index (χ4v) is 4.36. The van der Waals surface area contributed by atoms with Crippen LogP contribution in [0, 0.1) is 0 Å². The number of nitrogens with zero attached hydrogens (tertiary/aromatic N) is 2. The molecule has 0 aromatic rings. The van der Waals surface area contributed by atoms with Gasteiger partial charge in [-0.05, 0) is 51.4 Å². The summed E-state index contributed by atoms with van der Waals surface area (Å²) < 4.78 is 2.13. The van der Waals surface area contributed by atoms with Crippen molar-refractivity contribution in [2.45, 2.75) is 122 Å². The molecule has 0 fully saturated rings. The largest absolute Gasteiger partial charge is 1.00 e. The Balaban J connectivity index is -0.000000322. The summed E-state index contributed by atoms with van der Waals surface area (Å²) >= 11 is 0. The molecule has 0 saturated carbocycles. The molecule has 0 radical (unpaired) electrons. The topological polar surface area (TPSA) is 74.6 Å². The van der Waals surface area contributed by atoms with Crippen molar-refractivity contribution in [3.63, 3.8) is 0 Å². The van der Waals surface area contributed by atoms with Crippen molar-refractivity contribution in [2.24, 2.45) is 0 Å². The number of carboxylic acid groups (broad SMARTS) is 2. The first-order valence-electron chi connectivity index (χ1n) is 15.6. The minimum Gasteiger partial charge on any atom is -1.00 e. The van der Waals surface area contributed by atoms with Gasteiger partial charge in [-0.3, -0.25) is 0 Å². The molecule has 41 heavy (non-hydrogen) atoms. The SMILES string of the molecule is C=C(CCCCCCCCCCCC[N+](C)(C)C)C(=O)O.C=C(CCCCCCCCC[N+](C)(C)C)C(=O)O.[Cl-].[Cl-]. The van der Waals surface area contributed by atoms with Crippen molar-refractivity contribution in [1.29, 1.82) is 0 Å². The molecular formula is C33H66Cl2N2O4. The minimum absolute atomic E-state index is 0. The molecule has 0 rings (SSSR count).